The van der Waals surface area contributed by atoms with Crippen molar-refractivity contribution in [2.45, 2.75) is 6.42 Å². The topological polar surface area (TPSA) is 40.9 Å². The highest BCUT2D eigenvalue weighted by Crippen LogP contribution is 2.08. The Morgan fingerprint density at radius 2 is 2.00 bits per heavy atom. The van der Waals surface area contributed by atoms with Gasteiger partial charge in [0, 0.05) is 5.56 Å². The first-order valence-corrected chi connectivity index (χ1v) is 5.26. The molecular weight excluding hydrogens is 327 g/mol. The molecule has 0 amide bonds. The van der Waals surface area contributed by atoms with Crippen LogP contribution in [0.5, 0.6) is 0 Å². The van der Waals surface area contributed by atoms with Gasteiger partial charge in [0.2, 0.25) is 0 Å². The Morgan fingerprint density at radius 3 is 2.53 bits per heavy atom. The fraction of sp³-hybridized carbons (Fsp3) is 0.385. The molecule has 0 saturated carbocycles. The molecule has 0 aliphatic heterocycles. The van der Waals surface area contributed by atoms with Gasteiger partial charge in [-0.05, 0) is 12.1 Å². The number of nitrogens with zero attached hydrogens (tertiary/aromatic N) is 2. The van der Waals surface area contributed by atoms with Crippen molar-refractivity contribution >= 4 is 5.78 Å². The van der Waals surface area contributed by atoms with Crippen LogP contribution in [0.4, 0.5) is 0 Å². The first-order chi connectivity index (χ1) is 7.42. The van der Waals surface area contributed by atoms with Gasteiger partial charge >= 0.3 is 0 Å². The van der Waals surface area contributed by atoms with Crippen LogP contribution in [0.2, 0.25) is 0 Å². The number of quaternary nitrogens is 1. The quantitative estimate of drug-likeness (QED) is 0.393. The smallest absolute Gasteiger partial charge is 0.168 e. The molecule has 1 rings (SSSR count). The minimum Gasteiger partial charge on any atom is -1.00 e. The van der Waals surface area contributed by atoms with E-state index in [1.54, 1.807) is 24.3 Å². The monoisotopic (exact) mass is 344 g/mol. The molecule has 1 aromatic carbocycles. The predicted molar refractivity (Wildman–Crippen MR) is 63.0 cm³/mol. The van der Waals surface area contributed by atoms with E-state index in [2.05, 4.69) is 21.1 Å². The Morgan fingerprint density at radius 1 is 1.35 bits per heavy atom. The minimum absolute atomic E-state index is 0. The third-order valence-electron chi connectivity index (χ3n) is 2.32. The summed E-state index contributed by atoms with van der Waals surface area (Å²) in [5.74, 6) is 0.102. The Hall–Kier alpha value is -0.930. The summed E-state index contributed by atoms with van der Waals surface area (Å²) in [5.41, 5.74) is 1.17. The molecule has 0 aromatic heterocycles. The number of carbonyl (C=O) groups excluding carboxylic acids is 1. The van der Waals surface area contributed by atoms with Crippen LogP contribution in [-0.4, -0.2) is 38.0 Å². The average Bonchev–Trinajstić information content (AvgIpc) is 2.25. The molecule has 0 N–H and O–H groups in total. The van der Waals surface area contributed by atoms with Crippen molar-refractivity contribution in [1.82, 2.24) is 0 Å². The number of hydrogen-bond acceptors (Lipinski definition) is 2. The molecule has 4 heteroatoms. The lowest BCUT2D eigenvalue weighted by Crippen LogP contribution is -3.00. The van der Waals surface area contributed by atoms with E-state index in [1.807, 2.05) is 6.07 Å². The van der Waals surface area contributed by atoms with Crippen molar-refractivity contribution in [1.29, 1.82) is 5.26 Å². The number of nitriles is 1. The lowest BCUT2D eigenvalue weighted by molar-refractivity contribution is -0.869. The molecule has 0 aliphatic carbocycles. The maximum atomic E-state index is 11.8. The SMILES string of the molecule is C[N+](C)(C)CCC(=O)c1cccc(C#N)c1.[I-]. The normalized spacial score (nSPS) is 10.2. The van der Waals surface area contributed by atoms with Gasteiger partial charge in [-0.25, -0.2) is 0 Å². The summed E-state index contributed by atoms with van der Waals surface area (Å²) in [6.07, 6.45) is 0.512. The maximum Gasteiger partial charge on any atom is 0.168 e. The first-order valence-electron chi connectivity index (χ1n) is 5.26. The van der Waals surface area contributed by atoms with E-state index in [9.17, 15) is 4.79 Å². The second kappa shape index (κ2) is 6.72. The summed E-state index contributed by atoms with van der Waals surface area (Å²) < 4.78 is 0.768. The van der Waals surface area contributed by atoms with Gasteiger partial charge in [-0.15, -0.1) is 0 Å². The number of rotatable bonds is 4. The van der Waals surface area contributed by atoms with E-state index >= 15 is 0 Å². The van der Waals surface area contributed by atoms with E-state index < -0.39 is 0 Å². The summed E-state index contributed by atoms with van der Waals surface area (Å²) in [6, 6.07) is 8.90. The largest absolute Gasteiger partial charge is 1.00 e. The van der Waals surface area contributed by atoms with Crippen molar-refractivity contribution < 1.29 is 33.3 Å². The van der Waals surface area contributed by atoms with Crippen molar-refractivity contribution in [3.63, 3.8) is 0 Å². The maximum absolute atomic E-state index is 11.8. The number of hydrogen-bond donors (Lipinski definition) is 0. The Balaban J connectivity index is 0.00000256. The van der Waals surface area contributed by atoms with Crippen LogP contribution in [0.15, 0.2) is 24.3 Å². The molecule has 0 bridgehead atoms. The Kier molecular flexibility index (Phi) is 6.35. The number of halogens is 1. The van der Waals surface area contributed by atoms with Gasteiger partial charge in [0.15, 0.2) is 5.78 Å². The van der Waals surface area contributed by atoms with Gasteiger partial charge in [0.25, 0.3) is 0 Å². The summed E-state index contributed by atoms with van der Waals surface area (Å²) in [7, 11) is 6.16. The third kappa shape index (κ3) is 5.80. The standard InChI is InChI=1S/C13H17N2O.HI/c1-15(2,3)8-7-13(16)12-6-4-5-11(9-12)10-14;/h4-6,9H,7-8H2,1-3H3;1H/q+1;/p-1. The van der Waals surface area contributed by atoms with Gasteiger partial charge in [-0.2, -0.15) is 5.26 Å². The highest BCUT2D eigenvalue weighted by molar-refractivity contribution is 5.96. The molecule has 0 atom stereocenters. The Bertz CT molecular complexity index is 430. The molecule has 0 radical (unpaired) electrons. The number of carbonyl (C=O) groups is 1. The number of Topliss-reactive ketones (excluding diaryl/α,β-unsaturated/α-hetero) is 1. The zero-order chi connectivity index (χ0) is 12.2. The molecule has 3 nitrogen and oxygen atoms in total. The van der Waals surface area contributed by atoms with Crippen LogP contribution in [0, 0.1) is 11.3 Å². The average molecular weight is 344 g/mol. The second-order valence-electron chi connectivity index (χ2n) is 4.88. The minimum atomic E-state index is 0. The van der Waals surface area contributed by atoms with E-state index in [4.69, 9.17) is 5.26 Å². The van der Waals surface area contributed by atoms with Crippen LogP contribution in [0.25, 0.3) is 0 Å². The van der Waals surface area contributed by atoms with E-state index in [0.717, 1.165) is 11.0 Å². The number of ketones is 1. The molecular formula is C13H17IN2O. The highest BCUT2D eigenvalue weighted by Gasteiger charge is 2.12. The van der Waals surface area contributed by atoms with E-state index in [-0.39, 0.29) is 29.8 Å². The molecule has 0 saturated heterocycles. The molecule has 0 aliphatic rings. The zero-order valence-corrected chi connectivity index (χ0v) is 12.6. The predicted octanol–water partition coefficient (Wildman–Crippen LogP) is -1.16. The van der Waals surface area contributed by atoms with E-state index in [0.29, 0.717) is 17.5 Å². The Labute approximate surface area is 120 Å². The lowest BCUT2D eigenvalue weighted by Gasteiger charge is -2.23. The first kappa shape index (κ1) is 16.1. The summed E-state index contributed by atoms with van der Waals surface area (Å²) in [4.78, 5) is 11.8. The van der Waals surface area contributed by atoms with Crippen LogP contribution in [0.3, 0.4) is 0 Å². The molecule has 0 unspecified atom stereocenters. The summed E-state index contributed by atoms with van der Waals surface area (Å²) in [6.45, 7) is 0.801. The van der Waals surface area contributed by atoms with Gasteiger partial charge in [0.1, 0.15) is 0 Å². The van der Waals surface area contributed by atoms with Crippen LogP contribution >= 0.6 is 0 Å². The molecule has 0 heterocycles. The number of benzene rings is 1. The van der Waals surface area contributed by atoms with Gasteiger partial charge < -0.3 is 28.5 Å². The van der Waals surface area contributed by atoms with Crippen molar-refractivity contribution in [2.75, 3.05) is 27.7 Å². The molecule has 1 aromatic rings. The second-order valence-corrected chi connectivity index (χ2v) is 4.88. The van der Waals surface area contributed by atoms with Gasteiger partial charge in [-0.1, -0.05) is 12.1 Å². The zero-order valence-electron chi connectivity index (χ0n) is 10.4. The van der Waals surface area contributed by atoms with Gasteiger partial charge in [-0.3, -0.25) is 4.79 Å². The summed E-state index contributed by atoms with van der Waals surface area (Å²) in [5, 5.41) is 8.74. The lowest BCUT2D eigenvalue weighted by atomic mass is 10.1. The molecule has 0 fully saturated rings. The summed E-state index contributed by atoms with van der Waals surface area (Å²) >= 11 is 0. The van der Waals surface area contributed by atoms with Crippen LogP contribution < -0.4 is 24.0 Å². The molecule has 17 heavy (non-hydrogen) atoms. The fourth-order valence-electron chi connectivity index (χ4n) is 1.34. The van der Waals surface area contributed by atoms with Crippen LogP contribution in [-0.2, 0) is 0 Å². The highest BCUT2D eigenvalue weighted by atomic mass is 127. The van der Waals surface area contributed by atoms with Gasteiger partial charge in [0.05, 0.1) is 45.7 Å². The molecule has 92 valence electrons. The van der Waals surface area contributed by atoms with Crippen LogP contribution in [0.1, 0.15) is 22.3 Å². The third-order valence-corrected chi connectivity index (χ3v) is 2.32. The van der Waals surface area contributed by atoms with Crippen molar-refractivity contribution in [3.05, 3.63) is 35.4 Å². The van der Waals surface area contributed by atoms with E-state index in [1.165, 1.54) is 0 Å². The van der Waals surface area contributed by atoms with Crippen molar-refractivity contribution in [2.24, 2.45) is 0 Å². The molecule has 0 spiro atoms. The van der Waals surface area contributed by atoms with Crippen molar-refractivity contribution in [3.8, 4) is 6.07 Å². The fourth-order valence-corrected chi connectivity index (χ4v) is 1.34.